The number of carbonyl (C=O) groups is 2. The highest BCUT2D eigenvalue weighted by atomic mass is 19.1. The maximum atomic E-state index is 13.3. The van der Waals surface area contributed by atoms with Gasteiger partial charge in [0.25, 0.3) is 5.91 Å². The van der Waals surface area contributed by atoms with Gasteiger partial charge in [0.05, 0.1) is 0 Å². The van der Waals surface area contributed by atoms with E-state index in [9.17, 15) is 14.0 Å². The lowest BCUT2D eigenvalue weighted by atomic mass is 10.1. The van der Waals surface area contributed by atoms with E-state index < -0.39 is 6.04 Å². The number of benzene rings is 3. The maximum Gasteiger partial charge on any atom is 0.261 e. The van der Waals surface area contributed by atoms with E-state index in [1.54, 1.807) is 19.1 Å². The van der Waals surface area contributed by atoms with E-state index in [0.717, 1.165) is 29.2 Å². The number of amides is 2. The summed E-state index contributed by atoms with van der Waals surface area (Å²) in [5.74, 6) is -0.283. The summed E-state index contributed by atoms with van der Waals surface area (Å²) in [6.45, 7) is 4.28. The third-order valence-corrected chi connectivity index (χ3v) is 5.36. The summed E-state index contributed by atoms with van der Waals surface area (Å²) in [6, 6.07) is 18.7. The van der Waals surface area contributed by atoms with E-state index in [1.165, 1.54) is 17.0 Å². The highest BCUT2D eigenvalue weighted by molar-refractivity contribution is 5.90. The Balaban J connectivity index is 1.75. The number of rotatable bonds is 10. The van der Waals surface area contributed by atoms with E-state index in [0.29, 0.717) is 12.3 Å². The van der Waals surface area contributed by atoms with Crippen LogP contribution in [0.5, 0.6) is 5.75 Å². The van der Waals surface area contributed by atoms with Gasteiger partial charge in [-0.25, -0.2) is 4.39 Å². The van der Waals surface area contributed by atoms with Crippen molar-refractivity contribution in [3.63, 3.8) is 0 Å². The minimum absolute atomic E-state index is 0.181. The Morgan fingerprint density at radius 3 is 2.50 bits per heavy atom. The third kappa shape index (κ3) is 6.06. The molecule has 5 nitrogen and oxygen atoms in total. The molecule has 1 atom stereocenters. The average molecular weight is 437 g/mol. The number of nitrogens with zero attached hydrogens (tertiary/aromatic N) is 1. The maximum absolute atomic E-state index is 13.3. The van der Waals surface area contributed by atoms with E-state index >= 15 is 0 Å². The Morgan fingerprint density at radius 1 is 1.03 bits per heavy atom. The van der Waals surface area contributed by atoms with Gasteiger partial charge in [0, 0.05) is 18.5 Å². The van der Waals surface area contributed by atoms with Crippen molar-refractivity contribution in [1.82, 2.24) is 10.2 Å². The van der Waals surface area contributed by atoms with Crippen LogP contribution in [0, 0.1) is 5.82 Å². The number of carbonyl (C=O) groups excluding carboxylic acids is 2. The number of hydrogen-bond donors (Lipinski definition) is 1. The minimum Gasteiger partial charge on any atom is -0.483 e. The van der Waals surface area contributed by atoms with Crippen molar-refractivity contribution in [2.75, 3.05) is 13.2 Å². The van der Waals surface area contributed by atoms with E-state index in [1.807, 2.05) is 49.4 Å². The lowest BCUT2D eigenvalue weighted by Gasteiger charge is -2.29. The lowest BCUT2D eigenvalue weighted by molar-refractivity contribution is -0.142. The zero-order valence-electron chi connectivity index (χ0n) is 18.5. The summed E-state index contributed by atoms with van der Waals surface area (Å²) in [5, 5.41) is 4.81. The summed E-state index contributed by atoms with van der Waals surface area (Å²) in [6.07, 6.45) is 1.83. The molecule has 3 aromatic rings. The molecular formula is C26H29FN2O3. The number of fused-ring (bicyclic) bond motifs is 1. The summed E-state index contributed by atoms with van der Waals surface area (Å²) < 4.78 is 19.2. The molecule has 0 aliphatic carbocycles. The third-order valence-electron chi connectivity index (χ3n) is 5.36. The largest absolute Gasteiger partial charge is 0.483 e. The summed E-state index contributed by atoms with van der Waals surface area (Å²) in [7, 11) is 0. The molecule has 0 spiro atoms. The van der Waals surface area contributed by atoms with Gasteiger partial charge >= 0.3 is 0 Å². The van der Waals surface area contributed by atoms with Gasteiger partial charge in [0.2, 0.25) is 5.91 Å². The SMILES string of the molecule is CCCCNC(=O)C(C)N(Cc1ccc(F)cc1)C(=O)COc1cccc2ccccc12. The van der Waals surface area contributed by atoms with Gasteiger partial charge in [0.15, 0.2) is 6.61 Å². The molecule has 6 heteroatoms. The van der Waals surface area contributed by atoms with Crippen LogP contribution in [0.15, 0.2) is 66.7 Å². The first kappa shape index (κ1) is 23.3. The summed E-state index contributed by atoms with van der Waals surface area (Å²) in [4.78, 5) is 27.3. The molecule has 168 valence electrons. The number of ether oxygens (including phenoxy) is 1. The second kappa shape index (κ2) is 11.3. The molecule has 0 fully saturated rings. The fourth-order valence-electron chi connectivity index (χ4n) is 3.45. The standard InChI is InChI=1S/C26H29FN2O3/c1-3-4-16-28-26(31)19(2)29(17-20-12-14-22(27)15-13-20)25(30)18-32-24-11-7-9-21-8-5-6-10-23(21)24/h5-15,19H,3-4,16-18H2,1-2H3,(H,28,31). The second-order valence-electron chi connectivity index (χ2n) is 7.73. The molecule has 1 N–H and O–H groups in total. The van der Waals surface area contributed by atoms with Crippen molar-refractivity contribution in [1.29, 1.82) is 0 Å². The molecule has 0 aliphatic rings. The molecule has 0 radical (unpaired) electrons. The van der Waals surface area contributed by atoms with E-state index in [-0.39, 0.29) is 30.8 Å². The molecular weight excluding hydrogens is 407 g/mol. The van der Waals surface area contributed by atoms with Crippen LogP contribution >= 0.6 is 0 Å². The monoisotopic (exact) mass is 436 g/mol. The molecule has 1 unspecified atom stereocenters. The molecule has 0 saturated carbocycles. The van der Waals surface area contributed by atoms with Gasteiger partial charge in [-0.3, -0.25) is 9.59 Å². The zero-order valence-corrected chi connectivity index (χ0v) is 18.5. The summed E-state index contributed by atoms with van der Waals surface area (Å²) >= 11 is 0. The number of hydrogen-bond acceptors (Lipinski definition) is 3. The quantitative estimate of drug-likeness (QED) is 0.469. The van der Waals surface area contributed by atoms with Crippen LogP contribution in [0.3, 0.4) is 0 Å². The predicted molar refractivity (Wildman–Crippen MR) is 124 cm³/mol. The highest BCUT2D eigenvalue weighted by Gasteiger charge is 2.26. The average Bonchev–Trinajstić information content (AvgIpc) is 2.81. The lowest BCUT2D eigenvalue weighted by Crippen LogP contribution is -2.49. The van der Waals surface area contributed by atoms with Gasteiger partial charge in [-0.15, -0.1) is 0 Å². The smallest absolute Gasteiger partial charge is 0.261 e. The fraction of sp³-hybridized carbons (Fsp3) is 0.308. The van der Waals surface area contributed by atoms with Crippen molar-refractivity contribution in [3.8, 4) is 5.75 Å². The van der Waals surface area contributed by atoms with Gasteiger partial charge in [0.1, 0.15) is 17.6 Å². The molecule has 0 heterocycles. The number of nitrogens with one attached hydrogen (secondary N) is 1. The first-order valence-electron chi connectivity index (χ1n) is 10.9. The number of halogens is 1. The molecule has 32 heavy (non-hydrogen) atoms. The Kier molecular flexibility index (Phi) is 8.20. The number of unbranched alkanes of at least 4 members (excludes halogenated alkanes) is 1. The Labute approximate surface area is 188 Å². The fourth-order valence-corrected chi connectivity index (χ4v) is 3.45. The van der Waals surface area contributed by atoms with Crippen LogP contribution in [0.2, 0.25) is 0 Å². The van der Waals surface area contributed by atoms with Gasteiger partial charge < -0.3 is 15.0 Å². The van der Waals surface area contributed by atoms with Gasteiger partial charge in [-0.05, 0) is 42.5 Å². The Bertz CT molecular complexity index is 1050. The minimum atomic E-state index is -0.694. The molecule has 0 aromatic heterocycles. The van der Waals surface area contributed by atoms with E-state index in [2.05, 4.69) is 5.32 Å². The van der Waals surface area contributed by atoms with Crippen molar-refractivity contribution in [2.24, 2.45) is 0 Å². The predicted octanol–water partition coefficient (Wildman–Crippen LogP) is 4.69. The molecule has 0 saturated heterocycles. The van der Waals surface area contributed by atoms with Crippen LogP contribution < -0.4 is 10.1 Å². The molecule has 0 aliphatic heterocycles. The molecule has 3 rings (SSSR count). The van der Waals surface area contributed by atoms with Crippen LogP contribution in [0.4, 0.5) is 4.39 Å². The normalized spacial score (nSPS) is 11.7. The van der Waals surface area contributed by atoms with Crippen LogP contribution in [-0.4, -0.2) is 35.9 Å². The van der Waals surface area contributed by atoms with Crippen molar-refractivity contribution in [3.05, 3.63) is 78.1 Å². The van der Waals surface area contributed by atoms with Crippen LogP contribution in [0.1, 0.15) is 32.3 Å². The van der Waals surface area contributed by atoms with Gasteiger partial charge in [-0.1, -0.05) is 61.9 Å². The Morgan fingerprint density at radius 2 is 1.75 bits per heavy atom. The first-order chi connectivity index (χ1) is 15.5. The Hall–Kier alpha value is -3.41. The van der Waals surface area contributed by atoms with Crippen molar-refractivity contribution >= 4 is 22.6 Å². The molecule has 0 bridgehead atoms. The molecule has 3 aromatic carbocycles. The van der Waals surface area contributed by atoms with Crippen LogP contribution in [-0.2, 0) is 16.1 Å². The van der Waals surface area contributed by atoms with Crippen LogP contribution in [0.25, 0.3) is 10.8 Å². The first-order valence-corrected chi connectivity index (χ1v) is 10.9. The van der Waals surface area contributed by atoms with E-state index in [4.69, 9.17) is 4.74 Å². The topological polar surface area (TPSA) is 58.6 Å². The second-order valence-corrected chi connectivity index (χ2v) is 7.73. The van der Waals surface area contributed by atoms with Crippen molar-refractivity contribution < 1.29 is 18.7 Å². The van der Waals surface area contributed by atoms with Gasteiger partial charge in [-0.2, -0.15) is 0 Å². The zero-order chi connectivity index (χ0) is 22.9. The highest BCUT2D eigenvalue weighted by Crippen LogP contribution is 2.25. The summed E-state index contributed by atoms with van der Waals surface area (Å²) in [5.41, 5.74) is 0.734. The van der Waals surface area contributed by atoms with Crippen molar-refractivity contribution in [2.45, 2.75) is 39.3 Å². The molecule has 2 amide bonds.